The fourth-order valence-electron chi connectivity index (χ4n) is 2.12. The molecule has 1 fully saturated rings. The number of nitrogens with zero attached hydrogens (tertiary/aromatic N) is 1. The van der Waals surface area contributed by atoms with Crippen molar-refractivity contribution in [1.29, 1.82) is 0 Å². The van der Waals surface area contributed by atoms with E-state index in [1.165, 1.54) is 6.08 Å². The van der Waals surface area contributed by atoms with E-state index in [9.17, 15) is 4.79 Å². The lowest BCUT2D eigenvalue weighted by Gasteiger charge is -2.34. The Labute approximate surface area is 86.0 Å². The van der Waals surface area contributed by atoms with Crippen LogP contribution in [0.1, 0.15) is 32.6 Å². The molecule has 0 aromatic carbocycles. The van der Waals surface area contributed by atoms with Gasteiger partial charge < -0.3 is 10.6 Å². The highest BCUT2D eigenvalue weighted by atomic mass is 16.2. The second kappa shape index (κ2) is 5.15. The van der Waals surface area contributed by atoms with E-state index in [0.29, 0.717) is 12.1 Å². The third kappa shape index (κ3) is 2.58. The van der Waals surface area contributed by atoms with Crippen molar-refractivity contribution in [2.24, 2.45) is 5.73 Å². The van der Waals surface area contributed by atoms with Gasteiger partial charge in [0.1, 0.15) is 0 Å². The summed E-state index contributed by atoms with van der Waals surface area (Å²) in [5.74, 6) is 0.0490. The van der Waals surface area contributed by atoms with Gasteiger partial charge in [-0.05, 0) is 38.7 Å². The van der Waals surface area contributed by atoms with Gasteiger partial charge in [0.05, 0.1) is 0 Å². The molecule has 1 aliphatic carbocycles. The van der Waals surface area contributed by atoms with Crippen LogP contribution >= 0.6 is 0 Å². The molecule has 1 aliphatic rings. The van der Waals surface area contributed by atoms with E-state index >= 15 is 0 Å². The summed E-state index contributed by atoms with van der Waals surface area (Å²) in [5, 5.41) is 0. The van der Waals surface area contributed by atoms with E-state index in [0.717, 1.165) is 32.2 Å². The van der Waals surface area contributed by atoms with Crippen LogP contribution in [-0.2, 0) is 4.79 Å². The molecule has 0 saturated heterocycles. The molecule has 0 bridgehead atoms. The highest BCUT2D eigenvalue weighted by Gasteiger charge is 2.25. The number of amides is 1. The van der Waals surface area contributed by atoms with Gasteiger partial charge in [-0.15, -0.1) is 0 Å². The van der Waals surface area contributed by atoms with Crippen LogP contribution in [0, 0.1) is 0 Å². The Morgan fingerprint density at radius 1 is 1.50 bits per heavy atom. The van der Waals surface area contributed by atoms with Crippen LogP contribution in [0.5, 0.6) is 0 Å². The molecule has 0 unspecified atom stereocenters. The quantitative estimate of drug-likeness (QED) is 0.691. The first-order chi connectivity index (χ1) is 6.69. The van der Waals surface area contributed by atoms with Crippen molar-refractivity contribution in [2.75, 3.05) is 6.54 Å². The fraction of sp³-hybridized carbons (Fsp3) is 0.727. The van der Waals surface area contributed by atoms with Crippen LogP contribution < -0.4 is 5.73 Å². The predicted molar refractivity (Wildman–Crippen MR) is 57.8 cm³/mol. The number of nitrogens with two attached hydrogens (primary N) is 1. The van der Waals surface area contributed by atoms with E-state index < -0.39 is 0 Å². The average molecular weight is 196 g/mol. The smallest absolute Gasteiger partial charge is 0.246 e. The van der Waals surface area contributed by atoms with Gasteiger partial charge in [-0.1, -0.05) is 6.58 Å². The maximum absolute atomic E-state index is 11.5. The molecule has 0 heterocycles. The van der Waals surface area contributed by atoms with E-state index in [4.69, 9.17) is 5.73 Å². The van der Waals surface area contributed by atoms with Gasteiger partial charge in [0.15, 0.2) is 0 Å². The Morgan fingerprint density at radius 2 is 2.07 bits per heavy atom. The Bertz CT molecular complexity index is 207. The number of carbonyl (C=O) groups is 1. The van der Waals surface area contributed by atoms with Crippen LogP contribution in [0.25, 0.3) is 0 Å². The summed E-state index contributed by atoms with van der Waals surface area (Å²) in [4.78, 5) is 13.4. The summed E-state index contributed by atoms with van der Waals surface area (Å²) in [7, 11) is 0. The molecule has 1 amide bonds. The maximum Gasteiger partial charge on any atom is 0.246 e. The van der Waals surface area contributed by atoms with Crippen LogP contribution in [0.3, 0.4) is 0 Å². The fourth-order valence-corrected chi connectivity index (χ4v) is 2.12. The van der Waals surface area contributed by atoms with Crippen molar-refractivity contribution in [3.8, 4) is 0 Å². The zero-order valence-corrected chi connectivity index (χ0v) is 8.91. The SMILES string of the molecule is C=CC(=O)N(CC)C1CCC(N)CC1. The van der Waals surface area contributed by atoms with Crippen LogP contribution in [-0.4, -0.2) is 29.4 Å². The maximum atomic E-state index is 11.5. The van der Waals surface area contributed by atoms with Crippen LogP contribution in [0.2, 0.25) is 0 Å². The van der Waals surface area contributed by atoms with Crippen LogP contribution in [0.4, 0.5) is 0 Å². The zero-order chi connectivity index (χ0) is 10.6. The van der Waals surface area contributed by atoms with Gasteiger partial charge in [-0.3, -0.25) is 4.79 Å². The van der Waals surface area contributed by atoms with Crippen molar-refractivity contribution >= 4 is 5.91 Å². The molecule has 3 nitrogen and oxygen atoms in total. The highest BCUT2D eigenvalue weighted by Crippen LogP contribution is 2.22. The number of hydrogen-bond acceptors (Lipinski definition) is 2. The monoisotopic (exact) mass is 196 g/mol. The predicted octanol–water partition coefficient (Wildman–Crippen LogP) is 1.29. The van der Waals surface area contributed by atoms with Crippen LogP contribution in [0.15, 0.2) is 12.7 Å². The molecule has 0 aromatic rings. The number of hydrogen-bond donors (Lipinski definition) is 1. The van der Waals surface area contributed by atoms with Crippen molar-refractivity contribution in [1.82, 2.24) is 4.90 Å². The molecule has 0 aromatic heterocycles. The number of likely N-dealkylation sites (N-methyl/N-ethyl adjacent to an activating group) is 1. The van der Waals surface area contributed by atoms with Crippen molar-refractivity contribution in [3.05, 3.63) is 12.7 Å². The Hall–Kier alpha value is -0.830. The molecule has 0 atom stereocenters. The Morgan fingerprint density at radius 3 is 2.50 bits per heavy atom. The molecule has 2 N–H and O–H groups in total. The van der Waals surface area contributed by atoms with Gasteiger partial charge in [0, 0.05) is 18.6 Å². The standard InChI is InChI=1S/C11H20N2O/c1-3-11(14)13(4-2)10-7-5-9(12)6-8-10/h3,9-10H,1,4-8,12H2,2H3. The first-order valence-corrected chi connectivity index (χ1v) is 5.37. The third-order valence-electron chi connectivity index (χ3n) is 2.98. The molecule has 3 heteroatoms. The summed E-state index contributed by atoms with van der Waals surface area (Å²) < 4.78 is 0. The second-order valence-electron chi connectivity index (χ2n) is 3.90. The van der Waals surface area contributed by atoms with Gasteiger partial charge in [0.25, 0.3) is 0 Å². The zero-order valence-electron chi connectivity index (χ0n) is 8.91. The number of carbonyl (C=O) groups excluding carboxylic acids is 1. The lowest BCUT2D eigenvalue weighted by atomic mass is 9.90. The minimum Gasteiger partial charge on any atom is -0.336 e. The van der Waals surface area contributed by atoms with Crippen molar-refractivity contribution < 1.29 is 4.79 Å². The Kier molecular flexibility index (Phi) is 4.14. The first kappa shape index (κ1) is 11.2. The lowest BCUT2D eigenvalue weighted by molar-refractivity contribution is -0.128. The molecule has 1 saturated carbocycles. The molecule has 0 radical (unpaired) electrons. The third-order valence-corrected chi connectivity index (χ3v) is 2.98. The average Bonchev–Trinajstić information content (AvgIpc) is 2.21. The lowest BCUT2D eigenvalue weighted by Crippen LogP contribution is -2.43. The molecule has 14 heavy (non-hydrogen) atoms. The molecular weight excluding hydrogens is 176 g/mol. The molecule has 0 spiro atoms. The largest absolute Gasteiger partial charge is 0.336 e. The van der Waals surface area contributed by atoms with Gasteiger partial charge >= 0.3 is 0 Å². The summed E-state index contributed by atoms with van der Waals surface area (Å²) in [6.45, 7) is 6.30. The van der Waals surface area contributed by atoms with Gasteiger partial charge in [-0.25, -0.2) is 0 Å². The summed E-state index contributed by atoms with van der Waals surface area (Å²) in [6, 6.07) is 0.717. The summed E-state index contributed by atoms with van der Waals surface area (Å²) >= 11 is 0. The summed E-state index contributed by atoms with van der Waals surface area (Å²) in [6.07, 6.45) is 5.54. The van der Waals surface area contributed by atoms with E-state index in [1.807, 2.05) is 11.8 Å². The summed E-state index contributed by atoms with van der Waals surface area (Å²) in [5.41, 5.74) is 5.82. The number of rotatable bonds is 3. The topological polar surface area (TPSA) is 46.3 Å². The van der Waals surface area contributed by atoms with E-state index in [2.05, 4.69) is 6.58 Å². The van der Waals surface area contributed by atoms with E-state index in [-0.39, 0.29) is 5.91 Å². The minimum absolute atomic E-state index is 0.0490. The molecule has 80 valence electrons. The van der Waals surface area contributed by atoms with Gasteiger partial charge in [0.2, 0.25) is 5.91 Å². The Balaban J connectivity index is 2.53. The molecule has 1 rings (SSSR count). The van der Waals surface area contributed by atoms with Crippen molar-refractivity contribution in [2.45, 2.75) is 44.7 Å². The van der Waals surface area contributed by atoms with Crippen molar-refractivity contribution in [3.63, 3.8) is 0 Å². The second-order valence-corrected chi connectivity index (χ2v) is 3.90. The normalized spacial score (nSPS) is 27.0. The molecular formula is C11H20N2O. The first-order valence-electron chi connectivity index (χ1n) is 5.37. The molecule has 0 aliphatic heterocycles. The minimum atomic E-state index is 0.0490. The van der Waals surface area contributed by atoms with E-state index in [1.54, 1.807) is 0 Å². The highest BCUT2D eigenvalue weighted by molar-refractivity contribution is 5.87. The van der Waals surface area contributed by atoms with Gasteiger partial charge in [-0.2, -0.15) is 0 Å².